The van der Waals surface area contributed by atoms with Crippen LogP contribution in [0.4, 0.5) is 0 Å². The van der Waals surface area contributed by atoms with Gasteiger partial charge in [0.2, 0.25) is 0 Å². The molecule has 1 N–H and O–H groups in total. The number of hydrogen-bond acceptors (Lipinski definition) is 3. The zero-order valence-electron chi connectivity index (χ0n) is 14.6. The zero-order chi connectivity index (χ0) is 18.3. The van der Waals surface area contributed by atoms with Crippen molar-refractivity contribution in [2.75, 3.05) is 0 Å². The van der Waals surface area contributed by atoms with E-state index in [-0.39, 0.29) is 11.1 Å². The first kappa shape index (κ1) is 16.1. The average molecular weight is 346 g/mol. The topological polar surface area (TPSA) is 72.7 Å². The van der Waals surface area contributed by atoms with Crippen LogP contribution in [0, 0.1) is 13.8 Å². The first-order chi connectivity index (χ1) is 12.6. The van der Waals surface area contributed by atoms with E-state index in [4.69, 9.17) is 0 Å². The minimum atomic E-state index is -0.160. The van der Waals surface area contributed by atoms with Gasteiger partial charge in [-0.2, -0.15) is 0 Å². The third-order valence-electron chi connectivity index (χ3n) is 4.64. The van der Waals surface area contributed by atoms with Crippen LogP contribution in [0.3, 0.4) is 0 Å². The molecule has 0 atom stereocenters. The van der Waals surface area contributed by atoms with Crippen LogP contribution >= 0.6 is 0 Å². The van der Waals surface area contributed by atoms with Crippen molar-refractivity contribution in [1.29, 1.82) is 0 Å². The quantitative estimate of drug-likeness (QED) is 0.620. The van der Waals surface area contributed by atoms with Crippen LogP contribution in [-0.2, 0) is 6.54 Å². The molecule has 0 aliphatic carbocycles. The molecule has 3 heterocycles. The number of H-pyrrole nitrogens is 1. The second-order valence-electron chi connectivity index (χ2n) is 6.34. The van der Waals surface area contributed by atoms with Crippen LogP contribution < -0.4 is 11.1 Å². The Labute approximate surface area is 149 Å². The summed E-state index contributed by atoms with van der Waals surface area (Å²) in [5.74, 6) is 0. The van der Waals surface area contributed by atoms with E-state index in [1.54, 1.807) is 23.9 Å². The second-order valence-corrected chi connectivity index (χ2v) is 6.34. The van der Waals surface area contributed by atoms with Crippen LogP contribution in [0.1, 0.15) is 16.8 Å². The van der Waals surface area contributed by atoms with Crippen molar-refractivity contribution in [3.8, 4) is 5.69 Å². The van der Waals surface area contributed by atoms with Crippen molar-refractivity contribution in [3.63, 3.8) is 0 Å². The fourth-order valence-corrected chi connectivity index (χ4v) is 3.26. The van der Waals surface area contributed by atoms with Crippen molar-refractivity contribution in [3.05, 3.63) is 92.4 Å². The molecule has 26 heavy (non-hydrogen) atoms. The molecule has 6 nitrogen and oxygen atoms in total. The Bertz CT molecular complexity index is 1220. The van der Waals surface area contributed by atoms with Crippen molar-refractivity contribution in [2.24, 2.45) is 0 Å². The van der Waals surface area contributed by atoms with Gasteiger partial charge >= 0.3 is 0 Å². The number of nitrogens with one attached hydrogen (secondary N) is 1. The predicted molar refractivity (Wildman–Crippen MR) is 101 cm³/mol. The Hall–Kier alpha value is -3.41. The molecule has 4 aromatic rings. The summed E-state index contributed by atoms with van der Waals surface area (Å²) < 4.78 is 3.11. The zero-order valence-corrected chi connectivity index (χ0v) is 14.6. The molecule has 1 aromatic carbocycles. The summed E-state index contributed by atoms with van der Waals surface area (Å²) in [5.41, 5.74) is 3.53. The Kier molecular flexibility index (Phi) is 3.80. The molecule has 3 aromatic heterocycles. The van der Waals surface area contributed by atoms with Crippen molar-refractivity contribution in [1.82, 2.24) is 19.3 Å². The Morgan fingerprint density at radius 2 is 1.88 bits per heavy atom. The summed E-state index contributed by atoms with van der Waals surface area (Å²) in [7, 11) is 0. The van der Waals surface area contributed by atoms with Gasteiger partial charge in [-0.15, -0.1) is 0 Å². The summed E-state index contributed by atoms with van der Waals surface area (Å²) in [5, 5.41) is 3.60. The van der Waals surface area contributed by atoms with Gasteiger partial charge in [-0.3, -0.25) is 19.7 Å². The second kappa shape index (κ2) is 6.15. The smallest absolute Gasteiger partial charge is 0.280 e. The van der Waals surface area contributed by atoms with Crippen molar-refractivity contribution in [2.45, 2.75) is 20.4 Å². The van der Waals surface area contributed by atoms with Crippen LogP contribution in [0.5, 0.6) is 0 Å². The monoisotopic (exact) mass is 346 g/mol. The fraction of sp³-hybridized carbons (Fsp3) is 0.150. The molecular weight excluding hydrogens is 328 g/mol. The highest BCUT2D eigenvalue weighted by atomic mass is 16.1. The van der Waals surface area contributed by atoms with Crippen molar-refractivity contribution >= 4 is 10.9 Å². The summed E-state index contributed by atoms with van der Waals surface area (Å²) in [6.07, 6.45) is 3.41. The SMILES string of the molecule is Cc1ccccc1-n1[nH]c2cc(=O)n(Cc3cccnc3)c(C)c2c1=O. The highest BCUT2D eigenvalue weighted by Gasteiger charge is 2.16. The molecule has 0 amide bonds. The van der Waals surface area contributed by atoms with E-state index >= 15 is 0 Å². The lowest BCUT2D eigenvalue weighted by molar-refractivity contribution is 0.735. The molecule has 0 spiro atoms. The first-order valence-corrected chi connectivity index (χ1v) is 8.36. The third kappa shape index (κ3) is 2.56. The molecule has 0 saturated carbocycles. The maximum Gasteiger partial charge on any atom is 0.280 e. The number of nitrogens with zero attached hydrogens (tertiary/aromatic N) is 3. The Balaban J connectivity index is 1.93. The molecule has 0 unspecified atom stereocenters. The van der Waals surface area contributed by atoms with Gasteiger partial charge in [0.25, 0.3) is 11.1 Å². The van der Waals surface area contributed by atoms with Gasteiger partial charge in [0.1, 0.15) is 0 Å². The number of benzene rings is 1. The average Bonchev–Trinajstić information content (AvgIpc) is 2.96. The van der Waals surface area contributed by atoms with Crippen LogP contribution in [0.25, 0.3) is 16.6 Å². The number of aromatic nitrogens is 4. The standard InChI is InChI=1S/C20H18N4O2/c1-13-6-3-4-8-17(13)24-20(26)19-14(2)23(18(25)10-16(19)22-24)12-15-7-5-9-21-11-15/h3-11,22H,12H2,1-2H3. The maximum absolute atomic E-state index is 13.0. The Morgan fingerprint density at radius 3 is 2.62 bits per heavy atom. The van der Waals surface area contributed by atoms with Crippen LogP contribution in [0.15, 0.2) is 64.4 Å². The summed E-state index contributed by atoms with van der Waals surface area (Å²) in [4.78, 5) is 29.7. The number of hydrogen-bond donors (Lipinski definition) is 1. The number of fused-ring (bicyclic) bond motifs is 1. The van der Waals surface area contributed by atoms with Crippen LogP contribution in [0.2, 0.25) is 0 Å². The lowest BCUT2D eigenvalue weighted by atomic mass is 10.2. The van der Waals surface area contributed by atoms with E-state index in [9.17, 15) is 9.59 Å². The number of pyridine rings is 2. The predicted octanol–water partition coefficient (Wildman–Crippen LogP) is 2.54. The lowest BCUT2D eigenvalue weighted by Gasteiger charge is -2.09. The summed E-state index contributed by atoms with van der Waals surface area (Å²) >= 11 is 0. The maximum atomic E-state index is 13.0. The molecule has 0 radical (unpaired) electrons. The highest BCUT2D eigenvalue weighted by Crippen LogP contribution is 2.16. The summed E-state index contributed by atoms with van der Waals surface area (Å²) in [6, 6.07) is 12.9. The molecule has 0 fully saturated rings. The van der Waals surface area contributed by atoms with E-state index in [1.807, 2.05) is 43.3 Å². The van der Waals surface area contributed by atoms with Gasteiger partial charge in [0.05, 0.1) is 23.1 Å². The molecule has 6 heteroatoms. The molecule has 0 bridgehead atoms. The molecule has 4 rings (SSSR count). The molecule has 0 aliphatic rings. The molecule has 130 valence electrons. The first-order valence-electron chi connectivity index (χ1n) is 8.36. The van der Waals surface area contributed by atoms with E-state index in [0.717, 1.165) is 16.8 Å². The van der Waals surface area contributed by atoms with E-state index in [0.29, 0.717) is 23.1 Å². The largest absolute Gasteiger partial charge is 0.308 e. The van der Waals surface area contributed by atoms with Gasteiger partial charge in [0, 0.05) is 24.2 Å². The van der Waals surface area contributed by atoms with Gasteiger partial charge in [-0.05, 0) is 37.1 Å². The number of aryl methyl sites for hydroxylation is 2. The number of aromatic amines is 1. The normalized spacial score (nSPS) is 11.2. The van der Waals surface area contributed by atoms with E-state index in [1.165, 1.54) is 10.7 Å². The Morgan fingerprint density at radius 1 is 1.08 bits per heavy atom. The molecule has 0 aliphatic heterocycles. The van der Waals surface area contributed by atoms with Gasteiger partial charge in [0.15, 0.2) is 0 Å². The molecular formula is C20H18N4O2. The van der Waals surface area contributed by atoms with Crippen molar-refractivity contribution < 1.29 is 0 Å². The number of rotatable bonds is 3. The minimum Gasteiger partial charge on any atom is -0.308 e. The van der Waals surface area contributed by atoms with E-state index in [2.05, 4.69) is 10.1 Å². The van der Waals surface area contributed by atoms with Gasteiger partial charge in [-0.25, -0.2) is 4.68 Å². The molecule has 0 saturated heterocycles. The number of para-hydroxylation sites is 1. The third-order valence-corrected chi connectivity index (χ3v) is 4.64. The lowest BCUT2D eigenvalue weighted by Crippen LogP contribution is -2.24. The minimum absolute atomic E-state index is 0.156. The highest BCUT2D eigenvalue weighted by molar-refractivity contribution is 5.80. The van der Waals surface area contributed by atoms with Crippen LogP contribution in [-0.4, -0.2) is 19.3 Å². The van der Waals surface area contributed by atoms with Gasteiger partial charge < -0.3 is 4.57 Å². The fourth-order valence-electron chi connectivity index (χ4n) is 3.26. The van der Waals surface area contributed by atoms with E-state index < -0.39 is 0 Å². The summed E-state index contributed by atoms with van der Waals surface area (Å²) in [6.45, 7) is 4.13. The van der Waals surface area contributed by atoms with Gasteiger partial charge in [-0.1, -0.05) is 24.3 Å².